The average molecular weight is 460 g/mol. The van der Waals surface area contributed by atoms with Crippen LogP contribution in [0.2, 0.25) is 5.02 Å². The Morgan fingerprint density at radius 2 is 1.92 bits per heavy atom. The molecule has 1 amide bonds. The Balaban J connectivity index is 2.12. The van der Waals surface area contributed by atoms with Crippen LogP contribution in [0, 0.1) is 5.92 Å². The maximum Gasteiger partial charge on any atom is 0.265 e. The van der Waals surface area contributed by atoms with E-state index in [0.29, 0.717) is 4.47 Å². The van der Waals surface area contributed by atoms with Gasteiger partial charge in [0.15, 0.2) is 0 Å². The van der Waals surface area contributed by atoms with Gasteiger partial charge in [-0.25, -0.2) is 21.6 Å². The van der Waals surface area contributed by atoms with Crippen molar-refractivity contribution in [3.05, 3.63) is 27.7 Å². The molecule has 1 aliphatic rings. The molecule has 1 aliphatic heterocycles. The molecule has 0 aliphatic carbocycles. The summed E-state index contributed by atoms with van der Waals surface area (Å²) in [7, 11) is -7.27. The van der Waals surface area contributed by atoms with Crippen molar-refractivity contribution < 1.29 is 21.6 Å². The number of carbonyl (C=O) groups is 1. The molecule has 0 aromatic heterocycles. The van der Waals surface area contributed by atoms with Gasteiger partial charge in [-0.05, 0) is 46.8 Å². The van der Waals surface area contributed by atoms with Gasteiger partial charge in [-0.2, -0.15) is 0 Å². The van der Waals surface area contributed by atoms with Crippen LogP contribution in [0.1, 0.15) is 12.8 Å². The number of sulfonamides is 1. The van der Waals surface area contributed by atoms with Crippen molar-refractivity contribution in [2.24, 2.45) is 11.7 Å². The Morgan fingerprint density at radius 1 is 1.33 bits per heavy atom. The van der Waals surface area contributed by atoms with Crippen molar-refractivity contribution in [1.82, 2.24) is 4.72 Å². The number of amides is 1. The summed E-state index contributed by atoms with van der Waals surface area (Å²) in [5.41, 5.74) is 5.82. The Morgan fingerprint density at radius 3 is 2.50 bits per heavy atom. The Kier molecular flexibility index (Phi) is 5.96. The number of sulfone groups is 1. The van der Waals surface area contributed by atoms with Crippen molar-refractivity contribution >= 4 is 53.3 Å². The van der Waals surface area contributed by atoms with Crippen LogP contribution in [0.15, 0.2) is 27.6 Å². The van der Waals surface area contributed by atoms with Crippen LogP contribution < -0.4 is 10.5 Å². The monoisotopic (exact) mass is 458 g/mol. The summed E-state index contributed by atoms with van der Waals surface area (Å²) in [5.74, 6) is -1.37. The molecule has 1 aromatic carbocycles. The molecule has 1 fully saturated rings. The zero-order valence-corrected chi connectivity index (χ0v) is 16.4. The van der Waals surface area contributed by atoms with Gasteiger partial charge < -0.3 is 5.73 Å². The van der Waals surface area contributed by atoms with Crippen molar-refractivity contribution in [2.75, 3.05) is 11.5 Å². The van der Waals surface area contributed by atoms with Gasteiger partial charge in [0.2, 0.25) is 0 Å². The number of benzene rings is 1. The minimum atomic E-state index is -4.18. The molecule has 0 spiro atoms. The molecule has 3 N–H and O–H groups in total. The van der Waals surface area contributed by atoms with Crippen molar-refractivity contribution in [2.45, 2.75) is 23.8 Å². The molecule has 7 nitrogen and oxygen atoms in total. The first-order valence-corrected chi connectivity index (χ1v) is 11.5. The molecule has 1 heterocycles. The van der Waals surface area contributed by atoms with Crippen LogP contribution in [0.25, 0.3) is 0 Å². The van der Waals surface area contributed by atoms with Gasteiger partial charge in [0.1, 0.15) is 14.7 Å². The van der Waals surface area contributed by atoms with Crippen LogP contribution in [0.3, 0.4) is 0 Å². The molecule has 134 valence electrons. The molecule has 24 heavy (non-hydrogen) atoms. The first-order valence-electron chi connectivity index (χ1n) is 7.00. The molecule has 0 radical (unpaired) electrons. The van der Waals surface area contributed by atoms with Crippen LogP contribution in [-0.2, 0) is 24.7 Å². The lowest BCUT2D eigenvalue weighted by molar-refractivity contribution is -0.121. The highest BCUT2D eigenvalue weighted by Crippen LogP contribution is 2.29. The van der Waals surface area contributed by atoms with E-state index >= 15 is 0 Å². The molecule has 1 saturated heterocycles. The number of rotatable bonds is 4. The smallest absolute Gasteiger partial charge is 0.265 e. The lowest BCUT2D eigenvalue weighted by atomic mass is 9.94. The topological polar surface area (TPSA) is 123 Å². The molecule has 1 unspecified atom stereocenters. The van der Waals surface area contributed by atoms with E-state index in [1.807, 2.05) is 4.72 Å². The van der Waals surface area contributed by atoms with Gasteiger partial charge in [0.25, 0.3) is 15.9 Å². The predicted octanol–water partition coefficient (Wildman–Crippen LogP) is 1.06. The van der Waals surface area contributed by atoms with Gasteiger partial charge in [0, 0.05) is 4.47 Å². The second-order valence-electron chi connectivity index (χ2n) is 5.54. The molecule has 0 bridgehead atoms. The highest BCUT2D eigenvalue weighted by molar-refractivity contribution is 9.10. The SMILES string of the molecule is NC(C(=O)NS(=O)(=O)c1cccc(Br)c1Cl)C1CCS(=O)(=O)CC1. The maximum atomic E-state index is 12.3. The third-order valence-electron chi connectivity index (χ3n) is 3.85. The minimum Gasteiger partial charge on any atom is -0.320 e. The highest BCUT2D eigenvalue weighted by atomic mass is 79.9. The van der Waals surface area contributed by atoms with Gasteiger partial charge in [-0.3, -0.25) is 4.79 Å². The molecular formula is C13H16BrClN2O5S2. The lowest BCUT2D eigenvalue weighted by Crippen LogP contribution is -2.49. The molecule has 1 atom stereocenters. The van der Waals surface area contributed by atoms with E-state index in [2.05, 4.69) is 15.9 Å². The summed E-state index contributed by atoms with van der Waals surface area (Å²) in [6, 6.07) is 3.20. The van der Waals surface area contributed by atoms with E-state index in [-0.39, 0.29) is 40.2 Å². The summed E-state index contributed by atoms with van der Waals surface area (Å²) in [5, 5.41) is -0.0462. The van der Waals surface area contributed by atoms with Crippen molar-refractivity contribution in [1.29, 1.82) is 0 Å². The van der Waals surface area contributed by atoms with Crippen molar-refractivity contribution in [3.63, 3.8) is 0 Å². The Hall–Kier alpha value is -0.680. The molecular weight excluding hydrogens is 444 g/mol. The largest absolute Gasteiger partial charge is 0.320 e. The second kappa shape index (κ2) is 7.28. The van der Waals surface area contributed by atoms with Crippen LogP contribution in [0.4, 0.5) is 0 Å². The molecule has 1 aromatic rings. The van der Waals surface area contributed by atoms with E-state index in [1.54, 1.807) is 6.07 Å². The third-order valence-corrected chi connectivity index (χ3v) is 8.36. The predicted molar refractivity (Wildman–Crippen MR) is 93.8 cm³/mol. The summed E-state index contributed by atoms with van der Waals surface area (Å²) < 4.78 is 49.8. The van der Waals surface area contributed by atoms with E-state index < -0.39 is 31.8 Å². The van der Waals surface area contributed by atoms with Crippen LogP contribution in [-0.4, -0.2) is 40.3 Å². The summed E-state index contributed by atoms with van der Waals surface area (Å²) >= 11 is 9.06. The van der Waals surface area contributed by atoms with Gasteiger partial charge in [-0.15, -0.1) is 0 Å². The first-order chi connectivity index (χ1) is 11.0. The summed E-state index contributed by atoms with van der Waals surface area (Å²) in [4.78, 5) is 11.9. The zero-order valence-electron chi connectivity index (χ0n) is 12.4. The maximum absolute atomic E-state index is 12.3. The van der Waals surface area contributed by atoms with E-state index in [9.17, 15) is 21.6 Å². The first kappa shape index (κ1) is 19.6. The Bertz CT molecular complexity index is 843. The average Bonchev–Trinajstić information content (AvgIpc) is 2.48. The standard InChI is InChI=1S/C13H16BrClN2O5S2/c14-9-2-1-3-10(11(9)15)24(21,22)17-13(18)12(16)8-4-6-23(19,20)7-5-8/h1-3,8,12H,4-7,16H2,(H,17,18). The van der Waals surface area contributed by atoms with E-state index in [4.69, 9.17) is 17.3 Å². The lowest BCUT2D eigenvalue weighted by Gasteiger charge is -2.26. The van der Waals surface area contributed by atoms with Crippen molar-refractivity contribution in [3.8, 4) is 0 Å². The number of halogens is 2. The highest BCUT2D eigenvalue weighted by Gasteiger charge is 2.33. The van der Waals surface area contributed by atoms with Crippen LogP contribution >= 0.6 is 27.5 Å². The number of hydrogen-bond donors (Lipinski definition) is 2. The normalized spacial score (nSPS) is 19.6. The zero-order chi connectivity index (χ0) is 18.1. The van der Waals surface area contributed by atoms with Gasteiger partial charge in [-0.1, -0.05) is 17.7 Å². The van der Waals surface area contributed by atoms with E-state index in [1.165, 1.54) is 12.1 Å². The number of carbonyl (C=O) groups excluding carboxylic acids is 1. The second-order valence-corrected chi connectivity index (χ2v) is 10.7. The summed E-state index contributed by atoms with van der Waals surface area (Å²) in [6.07, 6.45) is 0.462. The Labute approximate surface area is 154 Å². The molecule has 11 heteroatoms. The van der Waals surface area contributed by atoms with E-state index in [0.717, 1.165) is 0 Å². The quantitative estimate of drug-likeness (QED) is 0.694. The minimum absolute atomic E-state index is 0.0462. The number of hydrogen-bond acceptors (Lipinski definition) is 6. The fourth-order valence-electron chi connectivity index (χ4n) is 2.43. The third kappa shape index (κ3) is 4.48. The van der Waals surface area contributed by atoms with Gasteiger partial charge in [0.05, 0.1) is 22.6 Å². The van der Waals surface area contributed by atoms with Crippen LogP contribution in [0.5, 0.6) is 0 Å². The number of nitrogens with one attached hydrogen (secondary N) is 1. The molecule has 2 rings (SSSR count). The summed E-state index contributed by atoms with van der Waals surface area (Å²) in [6.45, 7) is 0. The van der Waals surface area contributed by atoms with Gasteiger partial charge >= 0.3 is 0 Å². The fraction of sp³-hybridized carbons (Fsp3) is 0.462. The fourth-order valence-corrected chi connectivity index (χ4v) is 6.00. The number of nitrogens with two attached hydrogens (primary N) is 1. The molecule has 0 saturated carbocycles.